The average Bonchev–Trinajstić information content (AvgIpc) is 2.56. The summed E-state index contributed by atoms with van der Waals surface area (Å²) in [4.78, 5) is 27.8. The zero-order valence-corrected chi connectivity index (χ0v) is 13.4. The number of aromatic hydroxyl groups is 1. The Hall–Kier alpha value is -3.61. The van der Waals surface area contributed by atoms with E-state index >= 15 is 0 Å². The van der Waals surface area contributed by atoms with Gasteiger partial charge in [-0.2, -0.15) is 0 Å². The molecule has 126 valence electrons. The van der Waals surface area contributed by atoms with Gasteiger partial charge in [-0.25, -0.2) is 4.98 Å². The van der Waals surface area contributed by atoms with E-state index in [1.54, 1.807) is 37.3 Å². The molecule has 3 aromatic rings. The number of fused-ring (bicyclic) bond motifs is 1. The van der Waals surface area contributed by atoms with E-state index in [2.05, 4.69) is 4.98 Å². The van der Waals surface area contributed by atoms with E-state index in [-0.39, 0.29) is 22.7 Å². The van der Waals surface area contributed by atoms with Crippen LogP contribution < -0.4 is 17.2 Å². The molecular weight excluding hydrogens is 320 g/mol. The lowest BCUT2D eigenvalue weighted by Crippen LogP contribution is -2.18. The lowest BCUT2D eigenvalue weighted by atomic mass is 9.91. The summed E-state index contributed by atoms with van der Waals surface area (Å²) in [5.41, 5.74) is 19.0. The molecule has 0 unspecified atom stereocenters. The van der Waals surface area contributed by atoms with Crippen LogP contribution in [0.2, 0.25) is 0 Å². The molecule has 1 aromatic heterocycles. The quantitative estimate of drug-likeness (QED) is 0.575. The van der Waals surface area contributed by atoms with Gasteiger partial charge in [0.25, 0.3) is 5.91 Å². The summed E-state index contributed by atoms with van der Waals surface area (Å²) in [5, 5.41) is 10.5. The summed E-state index contributed by atoms with van der Waals surface area (Å²) in [7, 11) is 0. The largest absolute Gasteiger partial charge is 0.508 e. The molecule has 7 N–H and O–H groups in total. The number of nitrogens with two attached hydrogens (primary N) is 3. The van der Waals surface area contributed by atoms with Crippen LogP contribution in [-0.2, 0) is 0 Å². The van der Waals surface area contributed by atoms with Crippen molar-refractivity contribution in [3.63, 3.8) is 0 Å². The highest BCUT2D eigenvalue weighted by Gasteiger charge is 2.22. The number of amides is 2. The van der Waals surface area contributed by atoms with Crippen LogP contribution in [0.25, 0.3) is 22.0 Å². The highest BCUT2D eigenvalue weighted by molar-refractivity contribution is 6.16. The van der Waals surface area contributed by atoms with Crippen molar-refractivity contribution in [2.75, 3.05) is 5.73 Å². The zero-order chi connectivity index (χ0) is 18.3. The Bertz CT molecular complexity index is 1040. The van der Waals surface area contributed by atoms with Crippen molar-refractivity contribution in [3.8, 4) is 16.9 Å². The number of anilines is 1. The van der Waals surface area contributed by atoms with Crippen LogP contribution in [-0.4, -0.2) is 21.9 Å². The maximum absolute atomic E-state index is 11.9. The Kier molecular flexibility index (Phi) is 3.76. The number of nitrogens with zero attached hydrogens (tertiary/aromatic N) is 1. The number of nitrogen functional groups attached to an aromatic ring is 1. The maximum atomic E-state index is 11.9. The summed E-state index contributed by atoms with van der Waals surface area (Å²) in [5.74, 6) is -1.39. The third kappa shape index (κ3) is 2.51. The first-order valence-electron chi connectivity index (χ1n) is 7.43. The second-order valence-corrected chi connectivity index (χ2v) is 5.63. The summed E-state index contributed by atoms with van der Waals surface area (Å²) in [6, 6.07) is 9.69. The lowest BCUT2D eigenvalue weighted by Gasteiger charge is -2.17. The van der Waals surface area contributed by atoms with Gasteiger partial charge in [0.15, 0.2) is 5.69 Å². The van der Waals surface area contributed by atoms with Crippen molar-refractivity contribution < 1.29 is 14.7 Å². The zero-order valence-electron chi connectivity index (χ0n) is 13.4. The molecule has 0 aliphatic rings. The number of carbonyl (C=O) groups excluding carboxylic acids is 2. The van der Waals surface area contributed by atoms with Gasteiger partial charge in [-0.3, -0.25) is 9.59 Å². The van der Waals surface area contributed by atoms with E-state index in [0.29, 0.717) is 27.6 Å². The van der Waals surface area contributed by atoms with Crippen molar-refractivity contribution in [1.29, 1.82) is 0 Å². The number of phenolic OH excluding ortho intramolecular Hbond substituents is 1. The monoisotopic (exact) mass is 336 g/mol. The number of aromatic nitrogens is 1. The Morgan fingerprint density at radius 1 is 1.04 bits per heavy atom. The SMILES string of the molecule is Cc1c(O)cccc1-c1c(N)c(C(N)=O)nc2cccc(C(N)=O)c12. The second kappa shape index (κ2) is 5.79. The van der Waals surface area contributed by atoms with Crippen molar-refractivity contribution in [3.05, 3.63) is 53.2 Å². The van der Waals surface area contributed by atoms with Crippen LogP contribution in [0.3, 0.4) is 0 Å². The van der Waals surface area contributed by atoms with E-state index in [1.807, 2.05) is 0 Å². The molecule has 0 saturated carbocycles. The van der Waals surface area contributed by atoms with Gasteiger partial charge in [-0.1, -0.05) is 18.2 Å². The molecule has 3 rings (SSSR count). The number of carbonyl (C=O) groups is 2. The van der Waals surface area contributed by atoms with Crippen molar-refractivity contribution in [2.45, 2.75) is 6.92 Å². The first-order valence-corrected chi connectivity index (χ1v) is 7.43. The molecule has 0 radical (unpaired) electrons. The Balaban J connectivity index is 2.58. The van der Waals surface area contributed by atoms with E-state index in [9.17, 15) is 14.7 Å². The van der Waals surface area contributed by atoms with Gasteiger partial charge in [-0.15, -0.1) is 0 Å². The minimum Gasteiger partial charge on any atom is -0.508 e. The van der Waals surface area contributed by atoms with Crippen LogP contribution in [0.1, 0.15) is 26.4 Å². The van der Waals surface area contributed by atoms with Gasteiger partial charge in [0.05, 0.1) is 11.2 Å². The average molecular weight is 336 g/mol. The summed E-state index contributed by atoms with van der Waals surface area (Å²) < 4.78 is 0. The van der Waals surface area contributed by atoms with E-state index < -0.39 is 11.8 Å². The minimum absolute atomic E-state index is 0.0300. The fourth-order valence-corrected chi connectivity index (χ4v) is 2.90. The molecule has 2 aromatic carbocycles. The lowest BCUT2D eigenvalue weighted by molar-refractivity contribution is 0.0991. The predicted molar refractivity (Wildman–Crippen MR) is 95.0 cm³/mol. The number of hydrogen-bond acceptors (Lipinski definition) is 5. The molecule has 25 heavy (non-hydrogen) atoms. The summed E-state index contributed by atoms with van der Waals surface area (Å²) in [6.45, 7) is 1.70. The van der Waals surface area contributed by atoms with Crippen LogP contribution in [0.4, 0.5) is 5.69 Å². The normalized spacial score (nSPS) is 10.8. The number of phenols is 1. The molecule has 1 heterocycles. The molecule has 0 spiro atoms. The van der Waals surface area contributed by atoms with Gasteiger partial charge in [0, 0.05) is 16.5 Å². The molecule has 7 heteroatoms. The Morgan fingerprint density at radius 3 is 2.36 bits per heavy atom. The van der Waals surface area contributed by atoms with Gasteiger partial charge < -0.3 is 22.3 Å². The third-order valence-corrected chi connectivity index (χ3v) is 4.12. The van der Waals surface area contributed by atoms with Crippen molar-refractivity contribution in [2.24, 2.45) is 11.5 Å². The van der Waals surface area contributed by atoms with Gasteiger partial charge in [0.2, 0.25) is 5.91 Å². The molecule has 0 bridgehead atoms. The molecule has 0 fully saturated rings. The minimum atomic E-state index is -0.789. The number of pyridine rings is 1. The topological polar surface area (TPSA) is 145 Å². The fraction of sp³-hybridized carbons (Fsp3) is 0.0556. The van der Waals surface area contributed by atoms with Gasteiger partial charge >= 0.3 is 0 Å². The highest BCUT2D eigenvalue weighted by atomic mass is 16.3. The maximum Gasteiger partial charge on any atom is 0.269 e. The van der Waals surface area contributed by atoms with E-state index in [0.717, 1.165) is 0 Å². The third-order valence-electron chi connectivity index (χ3n) is 4.12. The van der Waals surface area contributed by atoms with Crippen LogP contribution in [0.5, 0.6) is 5.75 Å². The Morgan fingerprint density at radius 2 is 1.72 bits per heavy atom. The van der Waals surface area contributed by atoms with Gasteiger partial charge in [0.1, 0.15) is 5.75 Å². The molecule has 0 aliphatic heterocycles. The summed E-state index contributed by atoms with van der Waals surface area (Å²) in [6.07, 6.45) is 0. The van der Waals surface area contributed by atoms with Crippen LogP contribution >= 0.6 is 0 Å². The molecular formula is C18H16N4O3. The van der Waals surface area contributed by atoms with Crippen molar-refractivity contribution in [1.82, 2.24) is 4.98 Å². The smallest absolute Gasteiger partial charge is 0.269 e. The summed E-state index contributed by atoms with van der Waals surface area (Å²) >= 11 is 0. The predicted octanol–water partition coefficient (Wildman–Crippen LogP) is 1.70. The molecule has 2 amide bonds. The number of benzene rings is 2. The first kappa shape index (κ1) is 16.3. The fourth-order valence-electron chi connectivity index (χ4n) is 2.90. The van der Waals surface area contributed by atoms with Crippen LogP contribution in [0.15, 0.2) is 36.4 Å². The number of rotatable bonds is 3. The number of primary amides is 2. The van der Waals surface area contributed by atoms with Gasteiger partial charge in [-0.05, 0) is 36.2 Å². The van der Waals surface area contributed by atoms with E-state index in [4.69, 9.17) is 17.2 Å². The molecule has 0 atom stereocenters. The highest BCUT2D eigenvalue weighted by Crippen LogP contribution is 2.40. The van der Waals surface area contributed by atoms with Crippen molar-refractivity contribution >= 4 is 28.4 Å². The molecule has 0 saturated heterocycles. The second-order valence-electron chi connectivity index (χ2n) is 5.63. The van der Waals surface area contributed by atoms with Crippen LogP contribution in [0, 0.1) is 6.92 Å². The Labute approximate surface area is 143 Å². The number of hydrogen-bond donors (Lipinski definition) is 4. The first-order chi connectivity index (χ1) is 11.8. The standard InChI is InChI=1S/C18H16N4O3/c1-8-9(4-3-7-12(8)23)14-13-10(17(20)24)5-2-6-11(13)22-16(15(14)19)18(21)25/h2-7,23H,19H2,1H3,(H2,20,24)(H2,21,25). The van der Waals surface area contributed by atoms with E-state index in [1.165, 1.54) is 6.07 Å². The molecule has 0 aliphatic carbocycles. The molecule has 7 nitrogen and oxygen atoms in total.